The van der Waals surface area contributed by atoms with Crippen LogP contribution < -0.4 is 5.32 Å². The summed E-state index contributed by atoms with van der Waals surface area (Å²) in [4.78, 5) is 24.5. The van der Waals surface area contributed by atoms with Gasteiger partial charge in [-0.25, -0.2) is 0 Å². The van der Waals surface area contributed by atoms with Gasteiger partial charge in [-0.1, -0.05) is 54.1 Å². The first-order valence-electron chi connectivity index (χ1n) is 13.9. The molecule has 2 aromatic carbocycles. The number of carbonyl (C=O) groups excluding carboxylic acids is 1. The van der Waals surface area contributed by atoms with Crippen LogP contribution in [0.3, 0.4) is 0 Å². The highest BCUT2D eigenvalue weighted by Crippen LogP contribution is 2.65. The first-order chi connectivity index (χ1) is 19.2. The van der Waals surface area contributed by atoms with E-state index in [2.05, 4.69) is 45.8 Å². The molecule has 2 atom stereocenters. The Balaban J connectivity index is 1.08. The third-order valence-corrected chi connectivity index (χ3v) is 9.91. The Hall–Kier alpha value is -3.72. The monoisotopic (exact) mass is 558 g/mol. The van der Waals surface area contributed by atoms with Crippen LogP contribution in [-0.2, 0) is 16.9 Å². The lowest BCUT2D eigenvalue weighted by Gasteiger charge is -2.61. The van der Waals surface area contributed by atoms with Gasteiger partial charge < -0.3 is 15.4 Å². The van der Waals surface area contributed by atoms with Crippen molar-refractivity contribution in [2.24, 2.45) is 17.3 Å². The van der Waals surface area contributed by atoms with E-state index in [9.17, 15) is 14.9 Å². The average Bonchev–Trinajstić information content (AvgIpc) is 3.46. The summed E-state index contributed by atoms with van der Waals surface area (Å²) < 4.78 is 3.70. The van der Waals surface area contributed by atoms with Crippen LogP contribution in [0.4, 0.5) is 11.5 Å². The topological polar surface area (TPSA) is 108 Å². The molecule has 0 aliphatic heterocycles. The van der Waals surface area contributed by atoms with Crippen molar-refractivity contribution < 1.29 is 9.72 Å². The number of hydrogen-bond acceptors (Lipinski definition) is 5. The Morgan fingerprint density at radius 2 is 1.90 bits per heavy atom. The van der Waals surface area contributed by atoms with Crippen LogP contribution in [0.1, 0.15) is 56.2 Å². The van der Waals surface area contributed by atoms with Crippen molar-refractivity contribution in [2.75, 3.05) is 5.32 Å². The quantitative estimate of drug-likeness (QED) is 0.206. The van der Waals surface area contributed by atoms with Crippen LogP contribution in [0.25, 0.3) is 10.8 Å². The largest absolute Gasteiger partial charge is 0.408 e. The van der Waals surface area contributed by atoms with Crippen LogP contribution in [-0.4, -0.2) is 30.4 Å². The molecule has 4 aliphatic carbocycles. The maximum Gasteiger partial charge on any atom is 0.408 e. The first kappa shape index (κ1) is 25.3. The summed E-state index contributed by atoms with van der Waals surface area (Å²) in [6.07, 6.45) is 9.84. The van der Waals surface area contributed by atoms with E-state index >= 15 is 0 Å². The number of carbonyl (C=O) groups is 1. The van der Waals surface area contributed by atoms with Gasteiger partial charge in [0.2, 0.25) is 5.91 Å². The molecule has 2 heterocycles. The Labute approximate surface area is 236 Å². The molecular weight excluding hydrogens is 528 g/mol. The molecule has 0 spiro atoms. The second-order valence-corrected chi connectivity index (χ2v) is 12.7. The number of amides is 1. The fourth-order valence-electron chi connectivity index (χ4n) is 8.57. The van der Waals surface area contributed by atoms with Crippen molar-refractivity contribution in [3.8, 4) is 0 Å². The number of halogens is 1. The number of nitro groups is 1. The predicted molar refractivity (Wildman–Crippen MR) is 152 cm³/mol. The van der Waals surface area contributed by atoms with E-state index in [4.69, 9.17) is 11.6 Å². The molecule has 0 saturated heterocycles. The molecule has 4 bridgehead atoms. The molecule has 40 heavy (non-hydrogen) atoms. The van der Waals surface area contributed by atoms with Crippen LogP contribution in [0.5, 0.6) is 0 Å². The zero-order chi connectivity index (χ0) is 27.6. The summed E-state index contributed by atoms with van der Waals surface area (Å²) in [6.45, 7) is 2.43. The summed E-state index contributed by atoms with van der Waals surface area (Å²) in [5.41, 5.74) is 2.04. The van der Waals surface area contributed by atoms with Crippen LogP contribution >= 0.6 is 11.6 Å². The van der Waals surface area contributed by atoms with Gasteiger partial charge in [0.1, 0.15) is 0 Å². The number of benzene rings is 2. The Morgan fingerprint density at radius 1 is 1.15 bits per heavy atom. The minimum absolute atomic E-state index is 0.0111. The fourth-order valence-corrected chi connectivity index (χ4v) is 8.76. The number of rotatable bonds is 7. The Kier molecular flexibility index (Phi) is 5.78. The second-order valence-electron chi connectivity index (χ2n) is 12.4. The van der Waals surface area contributed by atoms with Crippen LogP contribution in [0.15, 0.2) is 54.9 Å². The van der Waals surface area contributed by atoms with E-state index < -0.39 is 4.92 Å². The van der Waals surface area contributed by atoms with Crippen molar-refractivity contribution in [1.29, 1.82) is 0 Å². The summed E-state index contributed by atoms with van der Waals surface area (Å²) in [5, 5.41) is 26.1. The molecule has 4 aromatic rings. The number of nitrogens with one attached hydrogen (secondary N) is 1. The van der Waals surface area contributed by atoms with Crippen LogP contribution in [0.2, 0.25) is 5.02 Å². The number of hydrogen-bond donors (Lipinski definition) is 1. The number of nitrogens with zero attached hydrogens (tertiary/aromatic N) is 5. The summed E-state index contributed by atoms with van der Waals surface area (Å²) in [6, 6.07) is 14.6. The van der Waals surface area contributed by atoms with Crippen molar-refractivity contribution >= 4 is 39.8 Å². The SMILES string of the molecule is Cc1c(Cl)c([N+](=O)[O-])nn1C12CC3CC(CC(CC(=O)Nc4cnn(Cc5cccc6ccccc56)c4)(C3)C1)C2. The zero-order valence-electron chi connectivity index (χ0n) is 22.3. The lowest BCUT2D eigenvalue weighted by Crippen LogP contribution is -2.57. The Morgan fingerprint density at radius 3 is 2.65 bits per heavy atom. The van der Waals surface area contributed by atoms with Gasteiger partial charge in [-0.2, -0.15) is 9.78 Å². The molecule has 10 heteroatoms. The van der Waals surface area contributed by atoms with E-state index in [1.54, 1.807) is 6.20 Å². The predicted octanol–water partition coefficient (Wildman–Crippen LogP) is 6.48. The molecule has 4 aliphatic rings. The van der Waals surface area contributed by atoms with Gasteiger partial charge >= 0.3 is 5.82 Å². The third-order valence-electron chi connectivity index (χ3n) is 9.46. The van der Waals surface area contributed by atoms with Crippen molar-refractivity contribution in [3.05, 3.63) is 81.3 Å². The second kappa shape index (κ2) is 9.16. The number of anilines is 1. The fraction of sp³-hybridized carbons (Fsp3) is 0.433. The molecular formula is C30H31ClN6O3. The highest BCUT2D eigenvalue weighted by atomic mass is 35.5. The number of fused-ring (bicyclic) bond motifs is 1. The highest BCUT2D eigenvalue weighted by Gasteiger charge is 2.60. The van der Waals surface area contributed by atoms with Gasteiger partial charge in [-0.3, -0.25) is 9.48 Å². The van der Waals surface area contributed by atoms with E-state index in [1.165, 1.54) is 16.3 Å². The van der Waals surface area contributed by atoms with Gasteiger partial charge in [0.15, 0.2) is 5.02 Å². The minimum atomic E-state index is -0.504. The molecule has 206 valence electrons. The maximum atomic E-state index is 13.4. The van der Waals surface area contributed by atoms with E-state index in [0.717, 1.165) is 38.5 Å². The highest BCUT2D eigenvalue weighted by molar-refractivity contribution is 6.33. The van der Waals surface area contributed by atoms with Gasteiger partial charge in [0.25, 0.3) is 0 Å². The van der Waals surface area contributed by atoms with Crippen molar-refractivity contribution in [3.63, 3.8) is 0 Å². The molecule has 8 rings (SSSR count). The van der Waals surface area contributed by atoms with Crippen molar-refractivity contribution in [2.45, 2.75) is 64.0 Å². The average molecular weight is 559 g/mol. The minimum Gasteiger partial charge on any atom is -0.358 e. The van der Waals surface area contributed by atoms with E-state index in [1.807, 2.05) is 34.6 Å². The molecule has 4 fully saturated rings. The van der Waals surface area contributed by atoms with Gasteiger partial charge in [0.05, 0.1) is 34.8 Å². The number of aromatic nitrogens is 4. The first-order valence-corrected chi connectivity index (χ1v) is 14.3. The lowest BCUT2D eigenvalue weighted by molar-refractivity contribution is -0.389. The molecule has 2 unspecified atom stereocenters. The van der Waals surface area contributed by atoms with E-state index in [-0.39, 0.29) is 27.7 Å². The molecule has 2 aromatic heterocycles. The smallest absolute Gasteiger partial charge is 0.358 e. The van der Waals surface area contributed by atoms with Crippen LogP contribution in [0, 0.1) is 34.3 Å². The van der Waals surface area contributed by atoms with Crippen molar-refractivity contribution in [1.82, 2.24) is 19.6 Å². The van der Waals surface area contributed by atoms with Gasteiger partial charge in [-0.05, 0) is 84.0 Å². The standard InChI is InChI=1S/C30H31ClN6O3/c1-19-27(31)28(37(39)40)34-36(19)30-12-20-9-21(13-30)11-29(10-20,18-30)14-26(38)33-24-15-32-35(17-24)16-23-7-4-6-22-5-2-3-8-25(22)23/h2-8,15,17,20-21H,9-14,16,18H2,1H3,(H,33,38). The molecule has 1 N–H and O–H groups in total. The molecule has 0 radical (unpaired) electrons. The zero-order valence-corrected chi connectivity index (χ0v) is 23.1. The molecule has 4 saturated carbocycles. The Bertz CT molecular complexity index is 1640. The molecule has 1 amide bonds. The normalized spacial score (nSPS) is 26.9. The summed E-state index contributed by atoms with van der Waals surface area (Å²) in [7, 11) is 0. The van der Waals surface area contributed by atoms with Gasteiger partial charge in [0, 0.05) is 12.6 Å². The van der Waals surface area contributed by atoms with Gasteiger partial charge in [-0.15, -0.1) is 0 Å². The molecule has 9 nitrogen and oxygen atoms in total. The lowest BCUT2D eigenvalue weighted by atomic mass is 9.46. The maximum absolute atomic E-state index is 13.4. The summed E-state index contributed by atoms with van der Waals surface area (Å²) in [5.74, 6) is 0.683. The van der Waals surface area contributed by atoms with E-state index in [0.29, 0.717) is 36.2 Å². The third kappa shape index (κ3) is 4.18. The summed E-state index contributed by atoms with van der Waals surface area (Å²) >= 11 is 6.34.